The SMILES string of the molecule is Nc1ncnc2c1c(-c1ccc(Oc3ccccc3)cc1)nn2C1CCN(CCN2CC(N3CCN(c4ccc5c(c4)C(=O)N(C4CCC(=O)NC4=O)C5=O)CC3)C2)CC1. The lowest BCUT2D eigenvalue weighted by Crippen LogP contribution is -2.63. The minimum absolute atomic E-state index is 0.0992. The molecule has 3 N–H and O–H groups in total. The quantitative estimate of drug-likeness (QED) is 0.197. The van der Waals surface area contributed by atoms with Crippen LogP contribution in [0.15, 0.2) is 79.1 Å². The number of nitrogen functional groups attached to an aromatic ring is 1. The third-order valence-electron chi connectivity index (χ3n) is 12.8. The Morgan fingerprint density at radius 3 is 2.20 bits per heavy atom. The second-order valence-corrected chi connectivity index (χ2v) is 16.4. The maximum Gasteiger partial charge on any atom is 0.262 e. The molecule has 16 nitrogen and oxygen atoms in total. The van der Waals surface area contributed by atoms with Gasteiger partial charge in [0.05, 0.1) is 22.6 Å². The summed E-state index contributed by atoms with van der Waals surface area (Å²) >= 11 is 0. The monoisotopic (exact) mass is 809 g/mol. The molecule has 5 aliphatic heterocycles. The molecule has 0 saturated carbocycles. The highest BCUT2D eigenvalue weighted by Crippen LogP contribution is 2.36. The van der Waals surface area contributed by atoms with E-state index in [1.807, 2.05) is 60.7 Å². The van der Waals surface area contributed by atoms with Crippen LogP contribution in [0, 0.1) is 0 Å². The fraction of sp³-hybridized carbons (Fsp3) is 0.386. The van der Waals surface area contributed by atoms with E-state index in [0.717, 1.165) is 123 Å². The number of piperidine rings is 2. The Kier molecular flexibility index (Phi) is 9.97. The van der Waals surface area contributed by atoms with Gasteiger partial charge in [0.15, 0.2) is 5.65 Å². The number of para-hydroxylation sites is 1. The predicted molar refractivity (Wildman–Crippen MR) is 224 cm³/mol. The van der Waals surface area contributed by atoms with Gasteiger partial charge in [0, 0.05) is 89.2 Å². The second kappa shape index (κ2) is 15.7. The van der Waals surface area contributed by atoms with Crippen molar-refractivity contribution in [2.75, 3.05) is 76.1 Å². The first-order valence-electron chi connectivity index (χ1n) is 20.9. The van der Waals surface area contributed by atoms with Crippen molar-refractivity contribution in [2.45, 2.75) is 43.8 Å². The fourth-order valence-corrected chi connectivity index (χ4v) is 9.38. The Morgan fingerprint density at radius 2 is 1.45 bits per heavy atom. The van der Waals surface area contributed by atoms with Gasteiger partial charge in [-0.25, -0.2) is 14.6 Å². The number of anilines is 2. The zero-order valence-electron chi connectivity index (χ0n) is 33.3. The lowest BCUT2D eigenvalue weighted by atomic mass is 10.0. The molecule has 4 saturated heterocycles. The molecule has 1 unspecified atom stereocenters. The molecule has 5 aliphatic rings. The van der Waals surface area contributed by atoms with Gasteiger partial charge < -0.3 is 20.3 Å². The van der Waals surface area contributed by atoms with Gasteiger partial charge in [-0.3, -0.25) is 39.2 Å². The number of carbonyl (C=O) groups is 4. The molecule has 0 bridgehead atoms. The number of nitrogens with one attached hydrogen (secondary N) is 1. The summed E-state index contributed by atoms with van der Waals surface area (Å²) in [4.78, 5) is 70.5. The van der Waals surface area contributed by atoms with Gasteiger partial charge in [-0.15, -0.1) is 0 Å². The molecule has 60 heavy (non-hydrogen) atoms. The highest BCUT2D eigenvalue weighted by Gasteiger charge is 2.45. The van der Waals surface area contributed by atoms with Gasteiger partial charge in [-0.2, -0.15) is 5.10 Å². The number of aromatic nitrogens is 4. The molecule has 4 fully saturated rings. The Morgan fingerprint density at radius 1 is 0.733 bits per heavy atom. The van der Waals surface area contributed by atoms with E-state index in [0.29, 0.717) is 23.0 Å². The van der Waals surface area contributed by atoms with Crippen LogP contribution in [0.1, 0.15) is 52.4 Å². The van der Waals surface area contributed by atoms with Gasteiger partial charge in [0.1, 0.15) is 35.4 Å². The third-order valence-corrected chi connectivity index (χ3v) is 12.8. The lowest BCUT2D eigenvalue weighted by Gasteiger charge is -2.49. The molecule has 16 heteroatoms. The normalized spacial score (nSPS) is 21.1. The number of hydrogen-bond donors (Lipinski definition) is 2. The Bertz CT molecular complexity index is 2450. The number of nitrogens with two attached hydrogens (primary N) is 1. The molecule has 2 aromatic heterocycles. The van der Waals surface area contributed by atoms with Gasteiger partial charge >= 0.3 is 0 Å². The molecule has 3 aromatic carbocycles. The second-order valence-electron chi connectivity index (χ2n) is 16.4. The molecule has 0 aliphatic carbocycles. The summed E-state index contributed by atoms with van der Waals surface area (Å²) < 4.78 is 8.07. The number of ether oxygens (including phenoxy) is 1. The Hall–Kier alpha value is -6.23. The number of hydrogen-bond acceptors (Lipinski definition) is 13. The van der Waals surface area contributed by atoms with Gasteiger partial charge in [0.25, 0.3) is 11.8 Å². The summed E-state index contributed by atoms with van der Waals surface area (Å²) in [6, 6.07) is 22.8. The van der Waals surface area contributed by atoms with Crippen molar-refractivity contribution in [1.29, 1.82) is 0 Å². The van der Waals surface area contributed by atoms with Gasteiger partial charge in [-0.1, -0.05) is 18.2 Å². The highest BCUT2D eigenvalue weighted by molar-refractivity contribution is 6.23. The van der Waals surface area contributed by atoms with E-state index in [-0.39, 0.29) is 24.8 Å². The molecule has 1 atom stereocenters. The molecular formula is C44H47N11O5. The maximum atomic E-state index is 13.4. The Balaban J connectivity index is 0.688. The summed E-state index contributed by atoms with van der Waals surface area (Å²) in [5.41, 5.74) is 10.4. The summed E-state index contributed by atoms with van der Waals surface area (Å²) in [6.45, 7) is 9.67. The van der Waals surface area contributed by atoms with Crippen molar-refractivity contribution < 1.29 is 23.9 Å². The van der Waals surface area contributed by atoms with Crippen molar-refractivity contribution in [3.63, 3.8) is 0 Å². The zero-order chi connectivity index (χ0) is 40.9. The van der Waals surface area contributed by atoms with Crippen LogP contribution in [0.3, 0.4) is 0 Å². The first-order chi connectivity index (χ1) is 29.3. The standard InChI is InChI=1S/C44H47N11O5/c45-40-38-39(28-6-9-33(10-7-28)60-32-4-2-1-3-5-32)49-55(41(38)47-27-46-40)29-14-16-50(17-15-29)18-19-51-25-31(26-51)53-22-20-52(21-23-53)30-8-11-34-35(24-30)44(59)54(43(34)58)36-12-13-37(56)48-42(36)57/h1-11,24,27,29,31,36H,12-23,25-26H2,(H2,45,46,47)(H,48,56,57). The number of imide groups is 2. The van der Waals surface area contributed by atoms with Crippen molar-refractivity contribution >= 4 is 46.2 Å². The van der Waals surface area contributed by atoms with E-state index >= 15 is 0 Å². The predicted octanol–water partition coefficient (Wildman–Crippen LogP) is 3.41. The van der Waals surface area contributed by atoms with Crippen LogP contribution < -0.4 is 20.7 Å². The molecule has 7 heterocycles. The van der Waals surface area contributed by atoms with Crippen molar-refractivity contribution in [2.24, 2.45) is 0 Å². The van der Waals surface area contributed by atoms with E-state index in [9.17, 15) is 19.2 Å². The molecule has 4 amide bonds. The molecular weight excluding hydrogens is 763 g/mol. The molecule has 0 radical (unpaired) electrons. The highest BCUT2D eigenvalue weighted by atomic mass is 16.5. The Labute approximate surface area is 346 Å². The zero-order valence-corrected chi connectivity index (χ0v) is 33.3. The van der Waals surface area contributed by atoms with Crippen LogP contribution in [0.4, 0.5) is 11.5 Å². The molecule has 308 valence electrons. The summed E-state index contributed by atoms with van der Waals surface area (Å²) in [5.74, 6) is 0.0173. The van der Waals surface area contributed by atoms with E-state index in [1.165, 1.54) is 6.33 Å². The fourth-order valence-electron chi connectivity index (χ4n) is 9.38. The average molecular weight is 810 g/mol. The largest absolute Gasteiger partial charge is 0.457 e. The number of fused-ring (bicyclic) bond motifs is 2. The molecule has 0 spiro atoms. The van der Waals surface area contributed by atoms with E-state index < -0.39 is 23.8 Å². The minimum atomic E-state index is -0.964. The third kappa shape index (κ3) is 7.13. The van der Waals surface area contributed by atoms with Crippen molar-refractivity contribution in [3.05, 3.63) is 90.3 Å². The first kappa shape index (κ1) is 38.0. The summed E-state index contributed by atoms with van der Waals surface area (Å²) in [7, 11) is 0. The van der Waals surface area contributed by atoms with Crippen molar-refractivity contribution in [1.82, 2.24) is 44.7 Å². The topological polar surface area (TPSA) is 175 Å². The molecule has 10 rings (SSSR count). The van der Waals surface area contributed by atoms with Crippen molar-refractivity contribution in [3.8, 4) is 22.8 Å². The number of amides is 4. The number of carbonyl (C=O) groups excluding carboxylic acids is 4. The van der Waals surface area contributed by atoms with Crippen LogP contribution in [0.25, 0.3) is 22.3 Å². The van der Waals surface area contributed by atoms with Crippen LogP contribution in [0.5, 0.6) is 11.5 Å². The molecule has 5 aromatic rings. The maximum absolute atomic E-state index is 13.4. The van der Waals surface area contributed by atoms with Crippen LogP contribution in [0.2, 0.25) is 0 Å². The number of benzene rings is 3. The summed E-state index contributed by atoms with van der Waals surface area (Å²) in [6.07, 6.45) is 3.72. The number of nitrogens with zero attached hydrogens (tertiary/aromatic N) is 9. The smallest absolute Gasteiger partial charge is 0.262 e. The van der Waals surface area contributed by atoms with E-state index in [2.05, 4.69) is 39.6 Å². The first-order valence-corrected chi connectivity index (χ1v) is 20.9. The van der Waals surface area contributed by atoms with Crippen LogP contribution in [-0.2, 0) is 9.59 Å². The van der Waals surface area contributed by atoms with Gasteiger partial charge in [-0.05, 0) is 73.9 Å². The van der Waals surface area contributed by atoms with E-state index in [1.54, 1.807) is 12.1 Å². The average Bonchev–Trinajstić information content (AvgIpc) is 3.76. The number of piperazine rings is 1. The van der Waals surface area contributed by atoms with Crippen LogP contribution >= 0.6 is 0 Å². The summed E-state index contributed by atoms with van der Waals surface area (Å²) in [5, 5.41) is 8.14. The van der Waals surface area contributed by atoms with Gasteiger partial charge in [0.2, 0.25) is 11.8 Å². The lowest BCUT2D eigenvalue weighted by molar-refractivity contribution is -0.136. The number of rotatable bonds is 10. The minimum Gasteiger partial charge on any atom is -0.457 e. The van der Waals surface area contributed by atoms with Crippen LogP contribution in [-0.4, -0.2) is 141 Å². The van der Waals surface area contributed by atoms with E-state index in [4.69, 9.17) is 15.6 Å². The number of likely N-dealkylation sites (tertiary alicyclic amines) is 2.